The number of carbonyl (C=O) groups excluding carboxylic acids is 1. The van der Waals surface area contributed by atoms with E-state index in [2.05, 4.69) is 5.43 Å². The van der Waals surface area contributed by atoms with Crippen LogP contribution in [-0.4, -0.2) is 41.0 Å². The van der Waals surface area contributed by atoms with Crippen molar-refractivity contribution in [1.82, 2.24) is 19.0 Å². The topological polar surface area (TPSA) is 110 Å². The molecule has 4 rings (SSSR count). The Balaban J connectivity index is 1.90. The van der Waals surface area contributed by atoms with Crippen LogP contribution in [0.4, 0.5) is 0 Å². The van der Waals surface area contributed by atoms with E-state index in [-0.39, 0.29) is 24.8 Å². The average Bonchev–Trinajstić information content (AvgIpc) is 3.24. The Labute approximate surface area is 182 Å². The van der Waals surface area contributed by atoms with Gasteiger partial charge in [-0.1, -0.05) is 29.8 Å². The quantitative estimate of drug-likeness (QED) is 0.609. The molecule has 162 valence electrons. The third-order valence-electron chi connectivity index (χ3n) is 5.04. The molecule has 0 saturated carbocycles. The van der Waals surface area contributed by atoms with Gasteiger partial charge in [-0.05, 0) is 43.2 Å². The van der Waals surface area contributed by atoms with Gasteiger partial charge in [-0.3, -0.25) is 19.6 Å². The highest BCUT2D eigenvalue weighted by Crippen LogP contribution is 2.17. The lowest BCUT2D eigenvalue weighted by Crippen LogP contribution is -2.47. The molecule has 0 aliphatic carbocycles. The molecule has 11 heteroatoms. The van der Waals surface area contributed by atoms with Crippen LogP contribution in [0, 0.1) is 0 Å². The van der Waals surface area contributed by atoms with Gasteiger partial charge in [0.2, 0.25) is 0 Å². The zero-order valence-electron chi connectivity index (χ0n) is 16.3. The third-order valence-corrected chi connectivity index (χ3v) is 6.95. The summed E-state index contributed by atoms with van der Waals surface area (Å²) in [6.45, 7) is 0.904. The Kier molecular flexibility index (Phi) is 5.69. The maximum atomic E-state index is 13.2. The van der Waals surface area contributed by atoms with E-state index in [0.29, 0.717) is 13.1 Å². The van der Waals surface area contributed by atoms with E-state index in [0.717, 1.165) is 17.4 Å². The summed E-state index contributed by atoms with van der Waals surface area (Å²) in [5.74, 6) is -0.507. The molecule has 1 fully saturated rings. The fraction of sp³-hybridized carbons (Fsp3) is 0.250. The molecule has 3 aromatic rings. The zero-order chi connectivity index (χ0) is 22.2. The minimum absolute atomic E-state index is 0.0440. The van der Waals surface area contributed by atoms with Crippen LogP contribution < -0.4 is 16.7 Å². The van der Waals surface area contributed by atoms with Crippen molar-refractivity contribution in [1.29, 1.82) is 0 Å². The van der Waals surface area contributed by atoms with E-state index in [1.807, 2.05) is 0 Å². The molecule has 1 aliphatic rings. The second kappa shape index (κ2) is 8.29. The van der Waals surface area contributed by atoms with Gasteiger partial charge in [-0.15, -0.1) is 3.97 Å². The highest BCUT2D eigenvalue weighted by molar-refractivity contribution is 7.90. The van der Waals surface area contributed by atoms with E-state index < -0.39 is 33.7 Å². The van der Waals surface area contributed by atoms with Crippen molar-refractivity contribution in [3.05, 3.63) is 74.4 Å². The van der Waals surface area contributed by atoms with Gasteiger partial charge in [0.05, 0.1) is 15.8 Å². The summed E-state index contributed by atoms with van der Waals surface area (Å²) in [4.78, 5) is 38.6. The van der Waals surface area contributed by atoms with E-state index in [9.17, 15) is 22.8 Å². The highest BCUT2D eigenvalue weighted by atomic mass is 35.5. The van der Waals surface area contributed by atoms with Crippen LogP contribution in [0.1, 0.15) is 12.8 Å². The smallest absolute Gasteiger partial charge is 0.287 e. The first-order valence-electron chi connectivity index (χ1n) is 9.59. The van der Waals surface area contributed by atoms with Gasteiger partial charge in [-0.25, -0.2) is 18.2 Å². The monoisotopic (exact) mass is 462 g/mol. The van der Waals surface area contributed by atoms with Gasteiger partial charge >= 0.3 is 5.69 Å². The van der Waals surface area contributed by atoms with Crippen molar-refractivity contribution in [3.8, 4) is 0 Å². The lowest BCUT2D eigenvalue weighted by atomic mass is 10.2. The summed E-state index contributed by atoms with van der Waals surface area (Å²) in [5, 5.41) is 1.93. The number of nitrogens with one attached hydrogen (secondary N) is 1. The van der Waals surface area contributed by atoms with Gasteiger partial charge in [-0.2, -0.15) is 0 Å². The number of hydrogen-bond acceptors (Lipinski definition) is 6. The summed E-state index contributed by atoms with van der Waals surface area (Å²) in [6, 6.07) is 11.3. The molecule has 9 nitrogen and oxygen atoms in total. The Hall–Kier alpha value is -2.95. The number of rotatable bonds is 5. The molecule has 0 radical (unpaired) electrons. The van der Waals surface area contributed by atoms with Crippen molar-refractivity contribution in [3.63, 3.8) is 0 Å². The van der Waals surface area contributed by atoms with Gasteiger partial charge in [0, 0.05) is 18.1 Å². The maximum Gasteiger partial charge on any atom is 0.346 e. The highest BCUT2D eigenvalue weighted by Gasteiger charge is 2.26. The normalized spacial score (nSPS) is 14.7. The van der Waals surface area contributed by atoms with Crippen molar-refractivity contribution in [2.24, 2.45) is 0 Å². The first kappa shape index (κ1) is 21.3. The lowest BCUT2D eigenvalue weighted by Gasteiger charge is -2.18. The fourth-order valence-corrected chi connectivity index (χ4v) is 5.06. The van der Waals surface area contributed by atoms with Crippen LogP contribution in [0.15, 0.2) is 63.0 Å². The van der Waals surface area contributed by atoms with Crippen LogP contribution in [0.3, 0.4) is 0 Å². The number of fused-ring (bicyclic) bond motifs is 1. The predicted octanol–water partition coefficient (Wildman–Crippen LogP) is 1.18. The molecular weight excluding hydrogens is 444 g/mol. The molecule has 1 N–H and O–H groups in total. The average molecular weight is 463 g/mol. The summed E-state index contributed by atoms with van der Waals surface area (Å²) in [6.07, 6.45) is 1.89. The third kappa shape index (κ3) is 4.01. The molecular formula is C20H19ClN4O5S. The molecule has 0 atom stereocenters. The number of halogens is 1. The lowest BCUT2D eigenvalue weighted by molar-refractivity contribution is -0.126. The van der Waals surface area contributed by atoms with Gasteiger partial charge in [0.1, 0.15) is 6.54 Å². The largest absolute Gasteiger partial charge is 0.346 e. The van der Waals surface area contributed by atoms with Crippen LogP contribution in [-0.2, 0) is 21.4 Å². The Morgan fingerprint density at radius 1 is 1.03 bits per heavy atom. The number of hydrogen-bond donors (Lipinski definition) is 1. The van der Waals surface area contributed by atoms with E-state index in [1.165, 1.54) is 42.5 Å². The fourth-order valence-electron chi connectivity index (χ4n) is 3.56. The van der Waals surface area contributed by atoms with Gasteiger partial charge in [0.25, 0.3) is 21.5 Å². The number of carbonyl (C=O) groups is 1. The Morgan fingerprint density at radius 2 is 1.71 bits per heavy atom. The molecule has 2 aromatic carbocycles. The van der Waals surface area contributed by atoms with Crippen LogP contribution in [0.25, 0.3) is 10.9 Å². The molecule has 0 unspecified atom stereocenters. The van der Waals surface area contributed by atoms with E-state index in [1.54, 1.807) is 11.1 Å². The van der Waals surface area contributed by atoms with Crippen molar-refractivity contribution in [2.45, 2.75) is 24.3 Å². The molecule has 1 saturated heterocycles. The van der Waals surface area contributed by atoms with Crippen LogP contribution in [0.2, 0.25) is 5.02 Å². The second-order valence-corrected chi connectivity index (χ2v) is 9.37. The van der Waals surface area contributed by atoms with Crippen LogP contribution in [0.5, 0.6) is 0 Å². The number of hydrazine groups is 1. The second-order valence-electron chi connectivity index (χ2n) is 7.15. The minimum atomic E-state index is -4.49. The van der Waals surface area contributed by atoms with Crippen molar-refractivity contribution < 1.29 is 13.2 Å². The number of aromatic nitrogens is 2. The molecule has 2 heterocycles. The molecule has 31 heavy (non-hydrogen) atoms. The predicted molar refractivity (Wildman–Crippen MR) is 115 cm³/mol. The van der Waals surface area contributed by atoms with E-state index in [4.69, 9.17) is 11.6 Å². The Bertz CT molecular complexity index is 1380. The number of nitrogens with zero attached hydrogens (tertiary/aromatic N) is 3. The van der Waals surface area contributed by atoms with Crippen LogP contribution >= 0.6 is 11.6 Å². The molecule has 0 spiro atoms. The Morgan fingerprint density at radius 3 is 2.39 bits per heavy atom. The van der Waals surface area contributed by atoms with Gasteiger partial charge in [0.15, 0.2) is 0 Å². The zero-order valence-corrected chi connectivity index (χ0v) is 17.9. The summed E-state index contributed by atoms with van der Waals surface area (Å²) in [7, 11) is -4.49. The summed E-state index contributed by atoms with van der Waals surface area (Å²) in [5.41, 5.74) is 0.644. The SMILES string of the molecule is O=C(Cn1c(=O)n(S(=O)(=O)c2ccccc2)c(=O)c2ccc(Cl)cc21)NN1CCCC1. The first-order valence-corrected chi connectivity index (χ1v) is 11.4. The number of benzene rings is 2. The molecule has 0 bridgehead atoms. The molecule has 1 amide bonds. The molecule has 1 aliphatic heterocycles. The van der Waals surface area contributed by atoms with E-state index >= 15 is 0 Å². The first-order chi connectivity index (χ1) is 14.8. The molecule has 1 aromatic heterocycles. The summed E-state index contributed by atoms with van der Waals surface area (Å²) < 4.78 is 27.4. The van der Waals surface area contributed by atoms with Crippen molar-refractivity contribution in [2.75, 3.05) is 13.1 Å². The van der Waals surface area contributed by atoms with Gasteiger partial charge < -0.3 is 0 Å². The maximum absolute atomic E-state index is 13.2. The van der Waals surface area contributed by atoms with Crippen molar-refractivity contribution >= 4 is 38.4 Å². The standard InChI is InChI=1S/C20H19ClN4O5S/c21-14-8-9-16-17(12-14)24(13-18(26)22-23-10-4-5-11-23)20(28)25(19(16)27)31(29,30)15-6-2-1-3-7-15/h1-3,6-9,12H,4-5,10-11,13H2,(H,22,26). The number of amides is 1. The summed E-state index contributed by atoms with van der Waals surface area (Å²) >= 11 is 6.04. The minimum Gasteiger partial charge on any atom is -0.287 e.